The molecule has 1 unspecified atom stereocenters. The zero-order valence-electron chi connectivity index (χ0n) is 4.74. The van der Waals surface area contributed by atoms with Crippen molar-refractivity contribution in [3.63, 3.8) is 0 Å². The Kier molecular flexibility index (Phi) is 1.38. The van der Waals surface area contributed by atoms with E-state index in [-0.39, 0.29) is 0 Å². The predicted molar refractivity (Wildman–Crippen MR) is 29.2 cm³/mol. The van der Waals surface area contributed by atoms with Crippen molar-refractivity contribution in [1.29, 1.82) is 0 Å². The fraction of sp³-hybridized carbons (Fsp3) is 0.250. The van der Waals surface area contributed by atoms with E-state index in [0.29, 0.717) is 0 Å². The minimum atomic E-state index is -1.82. The van der Waals surface area contributed by atoms with Crippen molar-refractivity contribution in [2.24, 2.45) is 5.10 Å². The van der Waals surface area contributed by atoms with Gasteiger partial charge in [-0.05, 0) is 0 Å². The molecule has 0 saturated heterocycles. The highest BCUT2D eigenvalue weighted by Crippen LogP contribution is 1.93. The standard InChI is InChI=1S/C4H4N2O4/c7-1-2(8)4(10)6-5-3(1)9/h1,7H,(H,5,9)(H,6,10). The summed E-state index contributed by atoms with van der Waals surface area (Å²) in [5.41, 5.74) is 1.74. The van der Waals surface area contributed by atoms with E-state index in [1.807, 2.05) is 0 Å². The van der Waals surface area contributed by atoms with Crippen LogP contribution in [0.3, 0.4) is 0 Å². The van der Waals surface area contributed by atoms with Gasteiger partial charge in [0.05, 0.1) is 0 Å². The maximum Gasteiger partial charge on any atom is 0.277 e. The number of nitrogens with zero attached hydrogens (tertiary/aromatic N) is 1. The lowest BCUT2D eigenvalue weighted by atomic mass is 10.2. The van der Waals surface area contributed by atoms with E-state index in [0.717, 1.165) is 0 Å². The topological polar surface area (TPSA) is 99.0 Å². The number of aliphatic hydroxyl groups is 2. The third-order valence-electron chi connectivity index (χ3n) is 0.989. The molecule has 0 fully saturated rings. The van der Waals surface area contributed by atoms with Crippen molar-refractivity contribution in [2.45, 2.75) is 6.10 Å². The van der Waals surface area contributed by atoms with E-state index >= 15 is 0 Å². The van der Waals surface area contributed by atoms with Crippen LogP contribution in [0.2, 0.25) is 0 Å². The number of aliphatic hydroxyl groups excluding tert-OH is 2. The van der Waals surface area contributed by atoms with Crippen molar-refractivity contribution in [3.05, 3.63) is 0 Å². The SMILES string of the molecule is O=C1NN=C(O)C(=O)C1O. The van der Waals surface area contributed by atoms with Gasteiger partial charge >= 0.3 is 0 Å². The van der Waals surface area contributed by atoms with Gasteiger partial charge in [0.25, 0.3) is 17.6 Å². The Morgan fingerprint density at radius 1 is 1.50 bits per heavy atom. The zero-order valence-corrected chi connectivity index (χ0v) is 4.74. The number of ketones is 1. The quantitative estimate of drug-likeness (QED) is 0.339. The molecule has 0 saturated carbocycles. The summed E-state index contributed by atoms with van der Waals surface area (Å²) in [4.78, 5) is 20.8. The second-order valence-electron chi connectivity index (χ2n) is 1.68. The van der Waals surface area contributed by atoms with Crippen LogP contribution in [0, 0.1) is 0 Å². The molecule has 1 amide bonds. The first-order valence-electron chi connectivity index (χ1n) is 2.41. The Bertz CT molecular complexity index is 221. The van der Waals surface area contributed by atoms with Gasteiger partial charge in [-0.15, -0.1) is 5.10 Å². The van der Waals surface area contributed by atoms with Gasteiger partial charge in [0, 0.05) is 0 Å². The number of amides is 1. The summed E-state index contributed by atoms with van der Waals surface area (Å²) in [5, 5.41) is 20.0. The number of carbonyl (C=O) groups excluding carboxylic acids is 2. The Balaban J connectivity index is 2.91. The van der Waals surface area contributed by atoms with Crippen LogP contribution in [0.4, 0.5) is 0 Å². The van der Waals surface area contributed by atoms with Crippen LogP contribution in [-0.4, -0.2) is 33.9 Å². The van der Waals surface area contributed by atoms with Gasteiger partial charge in [0.1, 0.15) is 0 Å². The third kappa shape index (κ3) is 0.841. The molecule has 3 N–H and O–H groups in total. The highest BCUT2D eigenvalue weighted by atomic mass is 16.3. The number of nitrogens with one attached hydrogen (secondary N) is 1. The monoisotopic (exact) mass is 144 g/mol. The summed E-state index contributed by atoms with van der Waals surface area (Å²) in [6.45, 7) is 0. The van der Waals surface area contributed by atoms with Crippen molar-refractivity contribution >= 4 is 17.6 Å². The Labute approximate surface area is 55.2 Å². The van der Waals surface area contributed by atoms with Crippen LogP contribution in [0.15, 0.2) is 5.10 Å². The summed E-state index contributed by atoms with van der Waals surface area (Å²) in [6.07, 6.45) is -1.82. The molecule has 0 aromatic rings. The van der Waals surface area contributed by atoms with Crippen LogP contribution in [0.1, 0.15) is 0 Å². The summed E-state index contributed by atoms with van der Waals surface area (Å²) < 4.78 is 0. The highest BCUT2D eigenvalue weighted by molar-refractivity contribution is 6.42. The van der Waals surface area contributed by atoms with Crippen molar-refractivity contribution in [2.75, 3.05) is 0 Å². The molecule has 0 aromatic heterocycles. The van der Waals surface area contributed by atoms with Crippen LogP contribution in [0.5, 0.6) is 0 Å². The summed E-state index contributed by atoms with van der Waals surface area (Å²) >= 11 is 0. The number of hydrogen-bond acceptors (Lipinski definition) is 4. The Hall–Kier alpha value is -1.43. The zero-order chi connectivity index (χ0) is 7.72. The van der Waals surface area contributed by atoms with Gasteiger partial charge in [0.2, 0.25) is 6.10 Å². The molecular formula is C4H4N2O4. The van der Waals surface area contributed by atoms with Crippen LogP contribution in [-0.2, 0) is 9.59 Å². The molecular weight excluding hydrogens is 140 g/mol. The first-order chi connectivity index (χ1) is 4.63. The number of Topliss-reactive ketones (excluding diaryl/α,β-unsaturated/α-hetero) is 1. The van der Waals surface area contributed by atoms with Crippen molar-refractivity contribution < 1.29 is 19.8 Å². The molecule has 1 aliphatic rings. The number of hydrazone groups is 1. The molecule has 1 rings (SSSR count). The maximum atomic E-state index is 10.4. The Morgan fingerprint density at radius 2 is 2.10 bits per heavy atom. The molecule has 0 aliphatic carbocycles. The molecule has 6 heteroatoms. The first-order valence-corrected chi connectivity index (χ1v) is 2.41. The second kappa shape index (κ2) is 2.07. The molecule has 0 bridgehead atoms. The van der Waals surface area contributed by atoms with Crippen molar-refractivity contribution in [1.82, 2.24) is 5.43 Å². The number of hydrogen-bond donors (Lipinski definition) is 3. The minimum absolute atomic E-state index is 0.882. The van der Waals surface area contributed by atoms with Gasteiger partial charge in [-0.1, -0.05) is 0 Å². The summed E-state index contributed by atoms with van der Waals surface area (Å²) in [5.74, 6) is -2.89. The number of carbonyl (C=O) groups is 2. The maximum absolute atomic E-state index is 10.4. The number of rotatable bonds is 0. The third-order valence-corrected chi connectivity index (χ3v) is 0.989. The first kappa shape index (κ1) is 6.69. The molecule has 0 aromatic carbocycles. The Morgan fingerprint density at radius 3 is 2.60 bits per heavy atom. The van der Waals surface area contributed by atoms with Gasteiger partial charge < -0.3 is 10.2 Å². The largest absolute Gasteiger partial charge is 0.490 e. The molecule has 0 spiro atoms. The normalized spacial score (nSPS) is 25.7. The van der Waals surface area contributed by atoms with E-state index in [1.165, 1.54) is 0 Å². The van der Waals surface area contributed by atoms with Crippen LogP contribution < -0.4 is 5.43 Å². The molecule has 1 heterocycles. The van der Waals surface area contributed by atoms with Gasteiger partial charge in [-0.25, -0.2) is 5.43 Å². The molecule has 1 aliphatic heterocycles. The molecule has 6 nitrogen and oxygen atoms in total. The minimum Gasteiger partial charge on any atom is -0.490 e. The van der Waals surface area contributed by atoms with Crippen LogP contribution in [0.25, 0.3) is 0 Å². The average molecular weight is 144 g/mol. The van der Waals surface area contributed by atoms with E-state index in [4.69, 9.17) is 10.2 Å². The highest BCUT2D eigenvalue weighted by Gasteiger charge is 2.31. The van der Waals surface area contributed by atoms with Gasteiger partial charge in [-0.2, -0.15) is 0 Å². The fourth-order valence-electron chi connectivity index (χ4n) is 0.466. The van der Waals surface area contributed by atoms with Crippen molar-refractivity contribution in [3.8, 4) is 0 Å². The predicted octanol–water partition coefficient (Wildman–Crippen LogP) is -2.08. The lowest BCUT2D eigenvalue weighted by molar-refractivity contribution is -0.138. The molecule has 10 heavy (non-hydrogen) atoms. The van der Waals surface area contributed by atoms with E-state index in [9.17, 15) is 9.59 Å². The van der Waals surface area contributed by atoms with E-state index in [2.05, 4.69) is 5.10 Å². The summed E-state index contributed by atoms with van der Waals surface area (Å²) in [7, 11) is 0. The molecule has 0 radical (unpaired) electrons. The van der Waals surface area contributed by atoms with E-state index in [1.54, 1.807) is 5.43 Å². The van der Waals surface area contributed by atoms with Crippen LogP contribution >= 0.6 is 0 Å². The molecule has 1 atom stereocenters. The summed E-state index contributed by atoms with van der Waals surface area (Å²) in [6, 6.07) is 0. The fourth-order valence-corrected chi connectivity index (χ4v) is 0.466. The van der Waals surface area contributed by atoms with E-state index < -0.39 is 23.7 Å². The average Bonchev–Trinajstić information content (AvgIpc) is 1.93. The lowest BCUT2D eigenvalue weighted by Crippen LogP contribution is -2.46. The second-order valence-corrected chi connectivity index (χ2v) is 1.68. The smallest absolute Gasteiger partial charge is 0.277 e. The van der Waals surface area contributed by atoms with Gasteiger partial charge in [-0.3, -0.25) is 9.59 Å². The van der Waals surface area contributed by atoms with Gasteiger partial charge in [0.15, 0.2) is 0 Å². The molecule has 54 valence electrons. The lowest BCUT2D eigenvalue weighted by Gasteiger charge is -2.10.